The van der Waals surface area contributed by atoms with Gasteiger partial charge in [-0.05, 0) is 66.2 Å². The maximum Gasteiger partial charge on any atom is 0.300 e. The van der Waals surface area contributed by atoms with Gasteiger partial charge in [-0.15, -0.1) is 0 Å². The van der Waals surface area contributed by atoms with Crippen LogP contribution in [0.4, 0.5) is 5.69 Å². The molecule has 1 amide bonds. The molecule has 1 atom stereocenters. The Balaban J connectivity index is 1.94. The van der Waals surface area contributed by atoms with Crippen LogP contribution in [0.5, 0.6) is 17.2 Å². The van der Waals surface area contributed by atoms with Gasteiger partial charge in [-0.3, -0.25) is 14.5 Å². The summed E-state index contributed by atoms with van der Waals surface area (Å²) in [7, 11) is 4.51. The zero-order chi connectivity index (χ0) is 25.1. The summed E-state index contributed by atoms with van der Waals surface area (Å²) in [5, 5.41) is 20.4. The van der Waals surface area contributed by atoms with Crippen LogP contribution in [0, 0.1) is 11.3 Å². The molecule has 0 aromatic heterocycles. The number of methoxy groups -OCH3 is 3. The molecule has 0 radical (unpaired) electrons. The lowest BCUT2D eigenvalue weighted by Gasteiger charge is -2.26. The molecule has 3 aromatic carbocycles. The van der Waals surface area contributed by atoms with E-state index >= 15 is 0 Å². The van der Waals surface area contributed by atoms with E-state index in [0.29, 0.717) is 39.6 Å². The van der Waals surface area contributed by atoms with Crippen LogP contribution in [-0.4, -0.2) is 38.1 Å². The first-order chi connectivity index (χ1) is 16.9. The SMILES string of the molecule is COc1ccc(/C(O)=C2/C(=O)C(=O)N(c3ccc(C#N)cc3)C2c2ccc(OC)c(OC)c2)cc1. The topological polar surface area (TPSA) is 109 Å². The predicted molar refractivity (Wildman–Crippen MR) is 128 cm³/mol. The third-order valence-corrected chi connectivity index (χ3v) is 5.81. The van der Waals surface area contributed by atoms with Crippen molar-refractivity contribution in [2.45, 2.75) is 6.04 Å². The van der Waals surface area contributed by atoms with E-state index in [2.05, 4.69) is 0 Å². The Bertz CT molecular complexity index is 1350. The number of hydrogen-bond acceptors (Lipinski definition) is 7. The highest BCUT2D eigenvalue weighted by Crippen LogP contribution is 2.44. The standard InChI is InChI=1S/C27H22N2O6/c1-33-20-11-6-17(7-12-20)25(30)23-24(18-8-13-21(34-2)22(14-18)35-3)29(27(32)26(23)31)19-9-4-16(15-28)5-10-19/h4-14,24,30H,1-3H3/b25-23-. The smallest absolute Gasteiger partial charge is 0.300 e. The van der Waals surface area contributed by atoms with Gasteiger partial charge in [0, 0.05) is 11.3 Å². The predicted octanol–water partition coefficient (Wildman–Crippen LogP) is 4.21. The minimum Gasteiger partial charge on any atom is -0.507 e. The van der Waals surface area contributed by atoms with E-state index in [9.17, 15) is 14.7 Å². The Morgan fingerprint density at radius 3 is 2.11 bits per heavy atom. The fourth-order valence-electron chi connectivity index (χ4n) is 4.04. The number of carbonyl (C=O) groups is 2. The fourth-order valence-corrected chi connectivity index (χ4v) is 4.04. The second-order valence-corrected chi connectivity index (χ2v) is 7.67. The van der Waals surface area contributed by atoms with Crippen LogP contribution < -0.4 is 19.1 Å². The van der Waals surface area contributed by atoms with E-state index < -0.39 is 17.7 Å². The summed E-state index contributed by atoms with van der Waals surface area (Å²) in [4.78, 5) is 27.8. The summed E-state index contributed by atoms with van der Waals surface area (Å²) < 4.78 is 15.9. The molecule has 4 rings (SSSR count). The molecule has 1 fully saturated rings. The molecular weight excluding hydrogens is 448 g/mol. The van der Waals surface area contributed by atoms with Crippen molar-refractivity contribution in [2.75, 3.05) is 26.2 Å². The number of aliphatic hydroxyl groups excluding tert-OH is 1. The van der Waals surface area contributed by atoms with Crippen LogP contribution in [0.25, 0.3) is 5.76 Å². The highest BCUT2D eigenvalue weighted by Gasteiger charge is 2.47. The minimum absolute atomic E-state index is 0.0725. The number of rotatable bonds is 6. The van der Waals surface area contributed by atoms with Crippen molar-refractivity contribution in [2.24, 2.45) is 0 Å². The Labute approximate surface area is 202 Å². The monoisotopic (exact) mass is 470 g/mol. The molecule has 0 spiro atoms. The van der Waals surface area contributed by atoms with Crippen LogP contribution in [0.1, 0.15) is 22.7 Å². The second-order valence-electron chi connectivity index (χ2n) is 7.67. The zero-order valence-corrected chi connectivity index (χ0v) is 19.3. The van der Waals surface area contributed by atoms with E-state index in [4.69, 9.17) is 19.5 Å². The van der Waals surface area contributed by atoms with E-state index in [-0.39, 0.29) is 11.3 Å². The normalized spacial score (nSPS) is 16.6. The first kappa shape index (κ1) is 23.4. The van der Waals surface area contributed by atoms with Crippen molar-refractivity contribution in [3.8, 4) is 23.3 Å². The summed E-state index contributed by atoms with van der Waals surface area (Å²) in [5.74, 6) is -0.494. The van der Waals surface area contributed by atoms with Gasteiger partial charge in [-0.2, -0.15) is 5.26 Å². The zero-order valence-electron chi connectivity index (χ0n) is 19.3. The number of ether oxygens (including phenoxy) is 3. The van der Waals surface area contributed by atoms with Gasteiger partial charge in [0.05, 0.1) is 44.6 Å². The number of anilines is 1. The van der Waals surface area contributed by atoms with Gasteiger partial charge < -0.3 is 19.3 Å². The molecule has 1 unspecified atom stereocenters. The lowest BCUT2D eigenvalue weighted by atomic mass is 9.94. The molecule has 0 saturated carbocycles. The first-order valence-corrected chi connectivity index (χ1v) is 10.6. The Kier molecular flexibility index (Phi) is 6.42. The molecule has 8 heteroatoms. The van der Waals surface area contributed by atoms with E-state index in [1.165, 1.54) is 26.2 Å². The molecule has 3 aromatic rings. The van der Waals surface area contributed by atoms with Gasteiger partial charge in [0.25, 0.3) is 11.7 Å². The van der Waals surface area contributed by atoms with Crippen LogP contribution in [-0.2, 0) is 9.59 Å². The molecule has 1 N–H and O–H groups in total. The van der Waals surface area contributed by atoms with Crippen molar-refractivity contribution in [1.82, 2.24) is 0 Å². The minimum atomic E-state index is -0.954. The maximum absolute atomic E-state index is 13.3. The number of Topliss-reactive ketones (excluding diaryl/α,β-unsaturated/α-hetero) is 1. The number of ketones is 1. The van der Waals surface area contributed by atoms with Gasteiger partial charge in [-0.1, -0.05) is 6.07 Å². The lowest BCUT2D eigenvalue weighted by Crippen LogP contribution is -2.29. The third kappa shape index (κ3) is 4.15. The molecule has 0 aliphatic carbocycles. The number of nitriles is 1. The highest BCUT2D eigenvalue weighted by molar-refractivity contribution is 6.51. The van der Waals surface area contributed by atoms with Crippen molar-refractivity contribution in [3.05, 3.63) is 89.0 Å². The number of hydrogen-bond donors (Lipinski definition) is 1. The van der Waals surface area contributed by atoms with Gasteiger partial charge in [0.2, 0.25) is 0 Å². The number of amides is 1. The molecule has 8 nitrogen and oxygen atoms in total. The number of aliphatic hydroxyl groups is 1. The van der Waals surface area contributed by atoms with Gasteiger partial charge in [-0.25, -0.2) is 0 Å². The van der Waals surface area contributed by atoms with Crippen LogP contribution in [0.3, 0.4) is 0 Å². The molecule has 1 heterocycles. The quantitative estimate of drug-likeness (QED) is 0.326. The van der Waals surface area contributed by atoms with Crippen LogP contribution >= 0.6 is 0 Å². The summed E-state index contributed by atoms with van der Waals surface area (Å²) >= 11 is 0. The van der Waals surface area contributed by atoms with Gasteiger partial charge >= 0.3 is 0 Å². The number of benzene rings is 3. The summed E-state index contributed by atoms with van der Waals surface area (Å²) in [6.07, 6.45) is 0. The van der Waals surface area contributed by atoms with Crippen molar-refractivity contribution < 1.29 is 28.9 Å². The van der Waals surface area contributed by atoms with Crippen LogP contribution in [0.2, 0.25) is 0 Å². The maximum atomic E-state index is 13.3. The summed E-state index contributed by atoms with van der Waals surface area (Å²) in [5.41, 5.74) is 1.62. The lowest BCUT2D eigenvalue weighted by molar-refractivity contribution is -0.132. The Morgan fingerprint density at radius 2 is 1.54 bits per heavy atom. The van der Waals surface area contributed by atoms with Gasteiger partial charge in [0.15, 0.2) is 11.5 Å². The Hall–Kier alpha value is -4.77. The van der Waals surface area contributed by atoms with E-state index in [1.807, 2.05) is 6.07 Å². The first-order valence-electron chi connectivity index (χ1n) is 10.6. The molecule has 1 aliphatic heterocycles. The second kappa shape index (κ2) is 9.61. The number of carbonyl (C=O) groups excluding carboxylic acids is 2. The van der Waals surface area contributed by atoms with Crippen LogP contribution in [0.15, 0.2) is 72.3 Å². The molecular formula is C27H22N2O6. The van der Waals surface area contributed by atoms with E-state index in [0.717, 1.165) is 0 Å². The average Bonchev–Trinajstić information content (AvgIpc) is 3.17. The summed E-state index contributed by atoms with van der Waals surface area (Å²) in [6.45, 7) is 0. The number of nitrogens with zero attached hydrogens (tertiary/aromatic N) is 2. The van der Waals surface area contributed by atoms with E-state index in [1.54, 1.807) is 66.7 Å². The largest absolute Gasteiger partial charge is 0.507 e. The molecule has 1 saturated heterocycles. The average molecular weight is 470 g/mol. The Morgan fingerprint density at radius 1 is 0.886 bits per heavy atom. The van der Waals surface area contributed by atoms with Crippen molar-refractivity contribution in [3.63, 3.8) is 0 Å². The molecule has 1 aliphatic rings. The van der Waals surface area contributed by atoms with Gasteiger partial charge in [0.1, 0.15) is 11.5 Å². The van der Waals surface area contributed by atoms with Crippen molar-refractivity contribution in [1.29, 1.82) is 5.26 Å². The fraction of sp³-hybridized carbons (Fsp3) is 0.148. The molecule has 0 bridgehead atoms. The molecule has 176 valence electrons. The summed E-state index contributed by atoms with van der Waals surface area (Å²) in [6, 6.07) is 18.9. The highest BCUT2D eigenvalue weighted by atomic mass is 16.5. The molecule has 35 heavy (non-hydrogen) atoms. The third-order valence-electron chi connectivity index (χ3n) is 5.81. The van der Waals surface area contributed by atoms with Crippen molar-refractivity contribution >= 4 is 23.1 Å².